The number of carboxylic acid groups (broad SMARTS) is 1. The number of carboxylic acids is 1. The lowest BCUT2D eigenvalue weighted by molar-refractivity contribution is 0.0699. The highest BCUT2D eigenvalue weighted by molar-refractivity contribution is 6.08. The van der Waals surface area contributed by atoms with E-state index in [1.165, 1.54) is 20.3 Å². The van der Waals surface area contributed by atoms with Crippen LogP contribution in [0, 0.1) is 0 Å². The van der Waals surface area contributed by atoms with Gasteiger partial charge in [-0.15, -0.1) is 0 Å². The molecule has 2 heterocycles. The van der Waals surface area contributed by atoms with E-state index >= 15 is 0 Å². The second-order valence-corrected chi connectivity index (χ2v) is 6.43. The average Bonchev–Trinajstić information content (AvgIpc) is 3.21. The first-order valence-corrected chi connectivity index (χ1v) is 9.05. The van der Waals surface area contributed by atoms with Crippen LogP contribution in [-0.4, -0.2) is 47.6 Å². The molecular weight excluding hydrogens is 386 g/mol. The van der Waals surface area contributed by atoms with Gasteiger partial charge in [0.05, 0.1) is 43.7 Å². The molecule has 0 amide bonds. The number of fused-ring (bicyclic) bond motifs is 1. The van der Waals surface area contributed by atoms with Gasteiger partial charge in [-0.25, -0.2) is 9.78 Å². The zero-order valence-electron chi connectivity index (χ0n) is 16.6. The second kappa shape index (κ2) is 7.75. The molecule has 0 radical (unpaired) electrons. The summed E-state index contributed by atoms with van der Waals surface area (Å²) in [6, 6.07) is 14.1. The third-order valence-corrected chi connectivity index (χ3v) is 4.81. The minimum atomic E-state index is -1.08. The Kier molecular flexibility index (Phi) is 4.97. The third kappa shape index (κ3) is 3.18. The van der Waals surface area contributed by atoms with Crippen LogP contribution >= 0.6 is 0 Å². The summed E-state index contributed by atoms with van der Waals surface area (Å²) in [5, 5.41) is 17.5. The number of H-pyrrole nitrogens is 1. The maximum atomic E-state index is 12.1. The first-order valence-electron chi connectivity index (χ1n) is 9.05. The quantitative estimate of drug-likeness (QED) is 0.499. The van der Waals surface area contributed by atoms with Crippen LogP contribution in [0.1, 0.15) is 10.4 Å². The van der Waals surface area contributed by atoms with Gasteiger partial charge in [0.1, 0.15) is 5.75 Å². The van der Waals surface area contributed by atoms with Crippen molar-refractivity contribution in [3.63, 3.8) is 0 Å². The second-order valence-electron chi connectivity index (χ2n) is 6.43. The van der Waals surface area contributed by atoms with Crippen LogP contribution in [0.25, 0.3) is 33.5 Å². The summed E-state index contributed by atoms with van der Waals surface area (Å²) in [6.45, 7) is 0. The van der Waals surface area contributed by atoms with Crippen molar-refractivity contribution in [1.82, 2.24) is 15.2 Å². The SMILES string of the molecule is COc1ccc(-c2[nH]nc3nc(-c4cccc(OC)c4OC)cc(C(=O)O)c23)cc1. The molecule has 2 N–H and O–H groups in total. The number of nitrogens with one attached hydrogen (secondary N) is 1. The molecule has 0 aliphatic carbocycles. The lowest BCUT2D eigenvalue weighted by Crippen LogP contribution is -2.01. The van der Waals surface area contributed by atoms with Crippen LogP contribution in [0.15, 0.2) is 48.5 Å². The fourth-order valence-electron chi connectivity index (χ4n) is 3.39. The molecule has 0 bridgehead atoms. The Morgan fingerprint density at radius 2 is 1.77 bits per heavy atom. The highest BCUT2D eigenvalue weighted by Gasteiger charge is 2.22. The maximum Gasteiger partial charge on any atom is 0.336 e. The van der Waals surface area contributed by atoms with E-state index in [9.17, 15) is 9.90 Å². The van der Waals surface area contributed by atoms with E-state index in [4.69, 9.17) is 14.2 Å². The Morgan fingerprint density at radius 3 is 2.40 bits per heavy atom. The number of hydrogen-bond donors (Lipinski definition) is 2. The summed E-state index contributed by atoms with van der Waals surface area (Å²) >= 11 is 0. The van der Waals surface area contributed by atoms with Gasteiger partial charge in [-0.2, -0.15) is 5.10 Å². The number of ether oxygens (including phenoxy) is 3. The van der Waals surface area contributed by atoms with Gasteiger partial charge in [-0.1, -0.05) is 6.07 Å². The number of hydrogen-bond acceptors (Lipinski definition) is 6. The summed E-state index contributed by atoms with van der Waals surface area (Å²) in [5.74, 6) is 0.608. The van der Waals surface area contributed by atoms with E-state index in [1.807, 2.05) is 12.1 Å². The lowest BCUT2D eigenvalue weighted by Gasteiger charge is -2.13. The minimum absolute atomic E-state index is 0.0828. The summed E-state index contributed by atoms with van der Waals surface area (Å²) in [5.41, 5.74) is 2.75. The number of aromatic nitrogens is 3. The number of aromatic amines is 1. The largest absolute Gasteiger partial charge is 0.497 e. The van der Waals surface area contributed by atoms with Crippen LogP contribution < -0.4 is 14.2 Å². The van der Waals surface area contributed by atoms with Crippen molar-refractivity contribution >= 4 is 17.0 Å². The van der Waals surface area contributed by atoms with Crippen molar-refractivity contribution in [2.45, 2.75) is 0 Å². The zero-order valence-corrected chi connectivity index (χ0v) is 16.6. The van der Waals surface area contributed by atoms with Crippen molar-refractivity contribution in [1.29, 1.82) is 0 Å². The molecule has 0 fully saturated rings. The van der Waals surface area contributed by atoms with Gasteiger partial charge in [0, 0.05) is 11.1 Å². The monoisotopic (exact) mass is 405 g/mol. The van der Waals surface area contributed by atoms with Crippen molar-refractivity contribution < 1.29 is 24.1 Å². The predicted octanol–water partition coefficient (Wildman–Crippen LogP) is 4.02. The fraction of sp³-hybridized carbons (Fsp3) is 0.136. The van der Waals surface area contributed by atoms with Crippen molar-refractivity contribution in [3.8, 4) is 39.8 Å². The van der Waals surface area contributed by atoms with Crippen LogP contribution in [0.3, 0.4) is 0 Å². The number of methoxy groups -OCH3 is 3. The molecule has 2 aromatic carbocycles. The van der Waals surface area contributed by atoms with Gasteiger partial charge in [-0.05, 0) is 42.5 Å². The molecular formula is C22H19N3O5. The number of carbonyl (C=O) groups is 1. The van der Waals surface area contributed by atoms with E-state index in [0.717, 1.165) is 5.56 Å². The Balaban J connectivity index is 1.94. The summed E-state index contributed by atoms with van der Waals surface area (Å²) in [4.78, 5) is 16.7. The van der Waals surface area contributed by atoms with E-state index in [-0.39, 0.29) is 5.56 Å². The number of nitrogens with zero attached hydrogens (tertiary/aromatic N) is 2. The molecule has 0 atom stereocenters. The molecule has 8 nitrogen and oxygen atoms in total. The Morgan fingerprint density at radius 1 is 1.00 bits per heavy atom. The fourth-order valence-corrected chi connectivity index (χ4v) is 3.39. The molecule has 0 spiro atoms. The smallest absolute Gasteiger partial charge is 0.336 e. The summed E-state index contributed by atoms with van der Waals surface area (Å²) < 4.78 is 16.0. The Labute approximate surface area is 172 Å². The molecule has 0 saturated heterocycles. The Bertz CT molecular complexity index is 1230. The minimum Gasteiger partial charge on any atom is -0.497 e. The number of pyridine rings is 1. The van der Waals surface area contributed by atoms with Crippen LogP contribution in [0.4, 0.5) is 0 Å². The standard InChI is InChI=1S/C22H19N3O5/c1-28-13-9-7-12(8-10-13)19-18-15(22(26)27)11-16(23-21(18)25-24-19)14-5-4-6-17(29-2)20(14)30-3/h4-11H,1-3H3,(H,26,27)(H,23,24,25). The van der Waals surface area contributed by atoms with E-state index in [0.29, 0.717) is 45.2 Å². The van der Waals surface area contributed by atoms with Crippen molar-refractivity contribution in [3.05, 3.63) is 54.1 Å². The van der Waals surface area contributed by atoms with Crippen molar-refractivity contribution in [2.24, 2.45) is 0 Å². The zero-order chi connectivity index (χ0) is 21.3. The van der Waals surface area contributed by atoms with Gasteiger partial charge >= 0.3 is 5.97 Å². The molecule has 152 valence electrons. The van der Waals surface area contributed by atoms with Gasteiger partial charge < -0.3 is 19.3 Å². The van der Waals surface area contributed by atoms with Gasteiger partial charge in [0.15, 0.2) is 17.1 Å². The predicted molar refractivity (Wildman–Crippen MR) is 111 cm³/mol. The highest BCUT2D eigenvalue weighted by Crippen LogP contribution is 2.39. The average molecular weight is 405 g/mol. The van der Waals surface area contributed by atoms with Crippen LogP contribution in [0.2, 0.25) is 0 Å². The molecule has 0 aliphatic rings. The van der Waals surface area contributed by atoms with Gasteiger partial charge in [0.2, 0.25) is 0 Å². The molecule has 0 saturated carbocycles. The molecule has 2 aromatic heterocycles. The molecule has 4 rings (SSSR count). The van der Waals surface area contributed by atoms with E-state index < -0.39 is 5.97 Å². The van der Waals surface area contributed by atoms with Gasteiger partial charge in [0.25, 0.3) is 0 Å². The first-order chi connectivity index (χ1) is 14.6. The first kappa shape index (κ1) is 19.3. The number of aromatic carboxylic acids is 1. The number of benzene rings is 2. The molecule has 0 unspecified atom stereocenters. The normalized spacial score (nSPS) is 10.8. The van der Waals surface area contributed by atoms with Crippen molar-refractivity contribution in [2.75, 3.05) is 21.3 Å². The maximum absolute atomic E-state index is 12.1. The third-order valence-electron chi connectivity index (χ3n) is 4.81. The van der Waals surface area contributed by atoms with E-state index in [2.05, 4.69) is 15.2 Å². The summed E-state index contributed by atoms with van der Waals surface area (Å²) in [6.07, 6.45) is 0. The number of rotatable bonds is 6. The topological polar surface area (TPSA) is 107 Å². The summed E-state index contributed by atoms with van der Waals surface area (Å²) in [7, 11) is 4.64. The number of para-hydroxylation sites is 1. The lowest BCUT2D eigenvalue weighted by atomic mass is 10.0. The van der Waals surface area contributed by atoms with Crippen LogP contribution in [-0.2, 0) is 0 Å². The molecule has 8 heteroatoms. The molecule has 0 aliphatic heterocycles. The van der Waals surface area contributed by atoms with Crippen LogP contribution in [0.5, 0.6) is 17.2 Å². The molecule has 4 aromatic rings. The van der Waals surface area contributed by atoms with E-state index in [1.54, 1.807) is 37.4 Å². The highest BCUT2D eigenvalue weighted by atomic mass is 16.5. The Hall–Kier alpha value is -4.07. The molecule has 30 heavy (non-hydrogen) atoms. The van der Waals surface area contributed by atoms with Gasteiger partial charge in [-0.3, -0.25) is 5.10 Å².